The van der Waals surface area contributed by atoms with E-state index in [9.17, 15) is 9.59 Å². The first kappa shape index (κ1) is 17.0. The van der Waals surface area contributed by atoms with E-state index >= 15 is 0 Å². The number of hydrogen-bond donors (Lipinski definition) is 1. The number of aryl methyl sites for hydroxylation is 1. The van der Waals surface area contributed by atoms with Crippen LogP contribution in [0.15, 0.2) is 48.5 Å². The first-order valence-electron chi connectivity index (χ1n) is 8.47. The summed E-state index contributed by atoms with van der Waals surface area (Å²) in [6.07, 6.45) is 1.54. The molecule has 0 aromatic heterocycles. The summed E-state index contributed by atoms with van der Waals surface area (Å²) in [7, 11) is 0. The Balaban J connectivity index is 1.46. The number of carbonyl (C=O) groups is 2. The third-order valence-electron chi connectivity index (χ3n) is 4.17. The minimum Gasteiger partial charge on any atom is -0.484 e. The Bertz CT molecular complexity index is 756. The molecule has 1 heterocycles. The van der Waals surface area contributed by atoms with Crippen LogP contribution < -0.4 is 15.0 Å². The lowest BCUT2D eigenvalue weighted by atomic mass is 10.2. The van der Waals surface area contributed by atoms with Gasteiger partial charge in [0, 0.05) is 25.2 Å². The van der Waals surface area contributed by atoms with Gasteiger partial charge in [0.05, 0.1) is 0 Å². The molecule has 0 saturated carbocycles. The highest BCUT2D eigenvalue weighted by molar-refractivity contribution is 5.95. The largest absolute Gasteiger partial charge is 0.484 e. The van der Waals surface area contributed by atoms with Gasteiger partial charge in [-0.3, -0.25) is 9.59 Å². The number of carbonyl (C=O) groups excluding carboxylic acids is 2. The molecule has 1 N–H and O–H groups in total. The maximum Gasteiger partial charge on any atom is 0.258 e. The summed E-state index contributed by atoms with van der Waals surface area (Å²) in [5, 5.41) is 2.84. The van der Waals surface area contributed by atoms with Crippen molar-refractivity contribution in [3.63, 3.8) is 0 Å². The molecule has 0 aliphatic carbocycles. The average Bonchev–Trinajstić information content (AvgIpc) is 3.05. The highest BCUT2D eigenvalue weighted by atomic mass is 16.5. The van der Waals surface area contributed by atoms with Crippen LogP contribution in [0.25, 0.3) is 0 Å². The highest BCUT2D eigenvalue weighted by Gasteiger charge is 2.21. The van der Waals surface area contributed by atoms with Crippen molar-refractivity contribution >= 4 is 17.5 Å². The predicted octanol–water partition coefficient (Wildman–Crippen LogP) is 2.82. The van der Waals surface area contributed by atoms with Crippen LogP contribution in [0.4, 0.5) is 5.69 Å². The number of rotatable bonds is 6. The van der Waals surface area contributed by atoms with Gasteiger partial charge in [-0.15, -0.1) is 0 Å². The SMILES string of the molecule is Cc1cccc(OCC(=O)NCc2ccc(N3CCCC3=O)cc2)c1. The minimum atomic E-state index is -0.166. The topological polar surface area (TPSA) is 58.6 Å². The molecule has 1 aliphatic rings. The summed E-state index contributed by atoms with van der Waals surface area (Å²) in [6.45, 7) is 3.19. The number of ether oxygens (including phenoxy) is 1. The number of amides is 2. The van der Waals surface area contributed by atoms with E-state index in [2.05, 4.69) is 5.32 Å². The van der Waals surface area contributed by atoms with Gasteiger partial charge in [0.25, 0.3) is 5.91 Å². The van der Waals surface area contributed by atoms with Crippen LogP contribution in [0.2, 0.25) is 0 Å². The monoisotopic (exact) mass is 338 g/mol. The van der Waals surface area contributed by atoms with Gasteiger partial charge in [-0.05, 0) is 48.7 Å². The molecule has 2 aromatic carbocycles. The second kappa shape index (κ2) is 7.83. The summed E-state index contributed by atoms with van der Waals surface area (Å²) in [5.41, 5.74) is 2.99. The van der Waals surface area contributed by atoms with E-state index < -0.39 is 0 Å². The van der Waals surface area contributed by atoms with Crippen LogP contribution in [-0.4, -0.2) is 25.0 Å². The number of benzene rings is 2. The molecule has 25 heavy (non-hydrogen) atoms. The molecule has 5 nitrogen and oxygen atoms in total. The first-order chi connectivity index (χ1) is 12.1. The molecule has 0 spiro atoms. The second-order valence-corrected chi connectivity index (χ2v) is 6.20. The summed E-state index contributed by atoms with van der Waals surface area (Å²) in [5.74, 6) is 0.699. The molecule has 0 bridgehead atoms. The summed E-state index contributed by atoms with van der Waals surface area (Å²) >= 11 is 0. The van der Waals surface area contributed by atoms with Crippen molar-refractivity contribution in [1.82, 2.24) is 5.32 Å². The number of nitrogens with zero attached hydrogens (tertiary/aromatic N) is 1. The Morgan fingerprint density at radius 2 is 2.00 bits per heavy atom. The van der Waals surface area contributed by atoms with E-state index in [4.69, 9.17) is 4.74 Å². The van der Waals surface area contributed by atoms with E-state index in [1.54, 1.807) is 4.90 Å². The maximum absolute atomic E-state index is 11.9. The van der Waals surface area contributed by atoms with Gasteiger partial charge in [0.2, 0.25) is 5.91 Å². The third-order valence-corrected chi connectivity index (χ3v) is 4.17. The lowest BCUT2D eigenvalue weighted by molar-refractivity contribution is -0.123. The lowest BCUT2D eigenvalue weighted by Gasteiger charge is -2.16. The van der Waals surface area contributed by atoms with Gasteiger partial charge < -0.3 is 15.0 Å². The van der Waals surface area contributed by atoms with Crippen LogP contribution in [0.3, 0.4) is 0 Å². The zero-order valence-electron chi connectivity index (χ0n) is 14.3. The van der Waals surface area contributed by atoms with Crippen molar-refractivity contribution in [2.75, 3.05) is 18.1 Å². The molecule has 0 atom stereocenters. The zero-order valence-corrected chi connectivity index (χ0v) is 14.3. The standard InChI is InChI=1S/C20H22N2O3/c1-15-4-2-5-18(12-15)25-14-19(23)21-13-16-7-9-17(10-8-16)22-11-3-6-20(22)24/h2,4-5,7-10,12H,3,6,11,13-14H2,1H3,(H,21,23). The van der Waals surface area contributed by atoms with Crippen LogP contribution in [0, 0.1) is 6.92 Å². The second-order valence-electron chi connectivity index (χ2n) is 6.20. The van der Waals surface area contributed by atoms with E-state index in [0.29, 0.717) is 18.7 Å². The van der Waals surface area contributed by atoms with E-state index in [1.165, 1.54) is 0 Å². The van der Waals surface area contributed by atoms with Gasteiger partial charge >= 0.3 is 0 Å². The predicted molar refractivity (Wildman–Crippen MR) is 96.5 cm³/mol. The fourth-order valence-corrected chi connectivity index (χ4v) is 2.82. The van der Waals surface area contributed by atoms with Crippen molar-refractivity contribution in [3.8, 4) is 5.75 Å². The molecule has 1 fully saturated rings. The molecule has 2 aromatic rings. The quantitative estimate of drug-likeness (QED) is 0.881. The lowest BCUT2D eigenvalue weighted by Crippen LogP contribution is -2.28. The number of anilines is 1. The van der Waals surface area contributed by atoms with Crippen LogP contribution in [0.5, 0.6) is 5.75 Å². The smallest absolute Gasteiger partial charge is 0.258 e. The molecular weight excluding hydrogens is 316 g/mol. The van der Waals surface area contributed by atoms with Crippen LogP contribution in [-0.2, 0) is 16.1 Å². The molecule has 1 aliphatic heterocycles. The van der Waals surface area contributed by atoms with E-state index in [1.807, 2.05) is 55.5 Å². The van der Waals surface area contributed by atoms with Gasteiger partial charge in [0.15, 0.2) is 6.61 Å². The Labute approximate surface area is 147 Å². The van der Waals surface area contributed by atoms with Crippen molar-refractivity contribution < 1.29 is 14.3 Å². The minimum absolute atomic E-state index is 0.0101. The average molecular weight is 338 g/mol. The number of hydrogen-bond acceptors (Lipinski definition) is 3. The summed E-state index contributed by atoms with van der Waals surface area (Å²) < 4.78 is 5.48. The van der Waals surface area contributed by atoms with Crippen molar-refractivity contribution in [1.29, 1.82) is 0 Å². The number of nitrogens with one attached hydrogen (secondary N) is 1. The highest BCUT2D eigenvalue weighted by Crippen LogP contribution is 2.21. The van der Waals surface area contributed by atoms with Crippen LogP contribution >= 0.6 is 0 Å². The van der Waals surface area contributed by atoms with Crippen molar-refractivity contribution in [2.24, 2.45) is 0 Å². The maximum atomic E-state index is 11.9. The Hall–Kier alpha value is -2.82. The van der Waals surface area contributed by atoms with Crippen molar-refractivity contribution in [2.45, 2.75) is 26.3 Å². The molecule has 130 valence electrons. The van der Waals surface area contributed by atoms with Gasteiger partial charge in [-0.25, -0.2) is 0 Å². The molecular formula is C20H22N2O3. The summed E-state index contributed by atoms with van der Waals surface area (Å²) in [4.78, 5) is 25.4. The van der Waals surface area contributed by atoms with Gasteiger partial charge in [-0.1, -0.05) is 24.3 Å². The third kappa shape index (κ3) is 4.59. The normalized spacial score (nSPS) is 13.8. The van der Waals surface area contributed by atoms with Crippen LogP contribution in [0.1, 0.15) is 24.0 Å². The molecule has 3 rings (SSSR count). The summed E-state index contributed by atoms with van der Waals surface area (Å²) in [6, 6.07) is 15.3. The van der Waals surface area contributed by atoms with Gasteiger partial charge in [0.1, 0.15) is 5.75 Å². The molecule has 2 amide bonds. The Morgan fingerprint density at radius 1 is 1.20 bits per heavy atom. The van der Waals surface area contributed by atoms with Gasteiger partial charge in [-0.2, -0.15) is 0 Å². The molecule has 5 heteroatoms. The fourth-order valence-electron chi connectivity index (χ4n) is 2.82. The van der Waals surface area contributed by atoms with E-state index in [0.717, 1.165) is 29.8 Å². The first-order valence-corrected chi connectivity index (χ1v) is 8.47. The zero-order chi connectivity index (χ0) is 17.6. The Morgan fingerprint density at radius 3 is 2.68 bits per heavy atom. The molecule has 0 unspecified atom stereocenters. The fraction of sp³-hybridized carbons (Fsp3) is 0.300. The molecule has 1 saturated heterocycles. The van der Waals surface area contributed by atoms with E-state index in [-0.39, 0.29) is 18.4 Å². The Kier molecular flexibility index (Phi) is 5.33. The van der Waals surface area contributed by atoms with Crippen molar-refractivity contribution in [3.05, 3.63) is 59.7 Å². The molecule has 0 radical (unpaired) electrons.